The molecule has 142 valence electrons. The van der Waals surface area contributed by atoms with Crippen LogP contribution in [-0.4, -0.2) is 31.1 Å². The zero-order chi connectivity index (χ0) is 19.6. The molecule has 2 aromatic rings. The van der Waals surface area contributed by atoms with Gasteiger partial charge in [-0.05, 0) is 38.0 Å². The van der Waals surface area contributed by atoms with Gasteiger partial charge in [0.1, 0.15) is 4.90 Å². The predicted octanol–water partition coefficient (Wildman–Crippen LogP) is 2.80. The van der Waals surface area contributed by atoms with Crippen molar-refractivity contribution in [2.45, 2.75) is 37.6 Å². The van der Waals surface area contributed by atoms with Gasteiger partial charge in [-0.25, -0.2) is 12.7 Å². The first-order valence-corrected chi connectivity index (χ1v) is 10.3. The van der Waals surface area contributed by atoms with E-state index in [4.69, 9.17) is 0 Å². The van der Waals surface area contributed by atoms with Crippen molar-refractivity contribution in [2.75, 3.05) is 6.54 Å². The molecule has 0 bridgehead atoms. The standard InChI is InChI=1S/C20H22N2O4S/c1-14-9-11-16(12-10-14)15(2)21-19(23)8-5-13-22-20(24)17-6-3-4-7-18(17)27(22,25)26/h3-4,6-7,9-12,15H,5,8,13H2,1-2H3,(H,21,23). The smallest absolute Gasteiger partial charge is 0.269 e. The van der Waals surface area contributed by atoms with Crippen LogP contribution >= 0.6 is 0 Å². The highest BCUT2D eigenvalue weighted by Crippen LogP contribution is 2.30. The SMILES string of the molecule is Cc1ccc(C(C)NC(=O)CCCN2C(=O)c3ccccc3S2(=O)=O)cc1. The molecule has 0 radical (unpaired) electrons. The van der Waals surface area contributed by atoms with Crippen LogP contribution in [0.3, 0.4) is 0 Å². The Kier molecular flexibility index (Phi) is 5.32. The first kappa shape index (κ1) is 19.1. The average Bonchev–Trinajstić information content (AvgIpc) is 2.83. The van der Waals surface area contributed by atoms with Crippen LogP contribution in [0.15, 0.2) is 53.4 Å². The number of benzene rings is 2. The minimum Gasteiger partial charge on any atom is -0.350 e. The molecule has 27 heavy (non-hydrogen) atoms. The quantitative estimate of drug-likeness (QED) is 0.827. The van der Waals surface area contributed by atoms with E-state index >= 15 is 0 Å². The molecule has 0 saturated heterocycles. The van der Waals surface area contributed by atoms with E-state index in [1.54, 1.807) is 12.1 Å². The van der Waals surface area contributed by atoms with Gasteiger partial charge in [-0.3, -0.25) is 9.59 Å². The number of carbonyl (C=O) groups excluding carboxylic acids is 2. The number of nitrogens with one attached hydrogen (secondary N) is 1. The maximum atomic E-state index is 12.5. The van der Waals surface area contributed by atoms with Crippen molar-refractivity contribution in [1.82, 2.24) is 9.62 Å². The van der Waals surface area contributed by atoms with Gasteiger partial charge >= 0.3 is 0 Å². The van der Waals surface area contributed by atoms with Crippen molar-refractivity contribution < 1.29 is 18.0 Å². The van der Waals surface area contributed by atoms with Crippen molar-refractivity contribution in [3.8, 4) is 0 Å². The number of sulfonamides is 1. The molecule has 0 fully saturated rings. The van der Waals surface area contributed by atoms with Crippen molar-refractivity contribution in [3.63, 3.8) is 0 Å². The average molecular weight is 386 g/mol. The van der Waals surface area contributed by atoms with Crippen LogP contribution in [0, 0.1) is 6.92 Å². The summed E-state index contributed by atoms with van der Waals surface area (Å²) in [5.41, 5.74) is 2.34. The third-order valence-electron chi connectivity index (χ3n) is 4.63. The topological polar surface area (TPSA) is 83.6 Å². The summed E-state index contributed by atoms with van der Waals surface area (Å²) >= 11 is 0. The molecule has 1 N–H and O–H groups in total. The Morgan fingerprint density at radius 2 is 1.78 bits per heavy atom. The summed E-state index contributed by atoms with van der Waals surface area (Å²) in [5.74, 6) is -0.705. The predicted molar refractivity (Wildman–Crippen MR) is 102 cm³/mol. The summed E-state index contributed by atoms with van der Waals surface area (Å²) in [6, 6.07) is 13.9. The van der Waals surface area contributed by atoms with Gasteiger partial charge in [0, 0.05) is 13.0 Å². The summed E-state index contributed by atoms with van der Waals surface area (Å²) in [6.07, 6.45) is 0.414. The number of aryl methyl sites for hydroxylation is 1. The van der Waals surface area contributed by atoms with Gasteiger partial charge < -0.3 is 5.32 Å². The molecule has 0 saturated carbocycles. The zero-order valence-electron chi connectivity index (χ0n) is 15.3. The number of hydrogen-bond donors (Lipinski definition) is 1. The molecule has 1 unspecified atom stereocenters. The number of hydrogen-bond acceptors (Lipinski definition) is 4. The summed E-state index contributed by atoms with van der Waals surface area (Å²) in [5, 5.41) is 2.90. The lowest BCUT2D eigenvalue weighted by Crippen LogP contribution is -2.32. The summed E-state index contributed by atoms with van der Waals surface area (Å²) in [4.78, 5) is 24.5. The van der Waals surface area contributed by atoms with Gasteiger partial charge in [-0.2, -0.15) is 0 Å². The molecule has 1 aliphatic rings. The Hall–Kier alpha value is -2.67. The van der Waals surface area contributed by atoms with Crippen molar-refractivity contribution in [3.05, 3.63) is 65.2 Å². The third-order valence-corrected chi connectivity index (χ3v) is 6.47. The molecule has 1 atom stereocenters. The Bertz CT molecular complexity index is 968. The van der Waals surface area contributed by atoms with Crippen molar-refractivity contribution in [2.24, 2.45) is 0 Å². The van der Waals surface area contributed by atoms with Gasteiger partial charge in [0.05, 0.1) is 11.6 Å². The highest BCUT2D eigenvalue weighted by molar-refractivity contribution is 7.90. The molecule has 6 nitrogen and oxygen atoms in total. The molecule has 0 aliphatic carbocycles. The number of rotatable bonds is 6. The van der Waals surface area contributed by atoms with E-state index in [-0.39, 0.29) is 41.8 Å². The van der Waals surface area contributed by atoms with E-state index in [0.29, 0.717) is 0 Å². The van der Waals surface area contributed by atoms with Gasteiger partial charge in [-0.15, -0.1) is 0 Å². The first-order valence-electron chi connectivity index (χ1n) is 8.83. The molecule has 0 spiro atoms. The second-order valence-corrected chi connectivity index (χ2v) is 8.51. The molecular weight excluding hydrogens is 364 g/mol. The van der Waals surface area contributed by atoms with Crippen LogP contribution < -0.4 is 5.32 Å². The summed E-state index contributed by atoms with van der Waals surface area (Å²) < 4.78 is 25.8. The van der Waals surface area contributed by atoms with E-state index in [2.05, 4.69) is 5.32 Å². The largest absolute Gasteiger partial charge is 0.350 e. The Morgan fingerprint density at radius 1 is 1.11 bits per heavy atom. The number of fused-ring (bicyclic) bond motifs is 1. The van der Waals surface area contributed by atoms with Gasteiger partial charge in [0.15, 0.2) is 0 Å². The molecule has 7 heteroatoms. The van der Waals surface area contributed by atoms with E-state index < -0.39 is 15.9 Å². The molecular formula is C20H22N2O4S. The van der Waals surface area contributed by atoms with E-state index in [1.165, 1.54) is 12.1 Å². The van der Waals surface area contributed by atoms with E-state index in [0.717, 1.165) is 15.4 Å². The van der Waals surface area contributed by atoms with Gasteiger partial charge in [0.25, 0.3) is 15.9 Å². The Morgan fingerprint density at radius 3 is 2.44 bits per heavy atom. The fourth-order valence-corrected chi connectivity index (χ4v) is 4.69. The Balaban J connectivity index is 1.55. The highest BCUT2D eigenvalue weighted by Gasteiger charge is 2.40. The van der Waals surface area contributed by atoms with Crippen LogP contribution in [0.2, 0.25) is 0 Å². The molecule has 2 aromatic carbocycles. The summed E-state index contributed by atoms with van der Waals surface area (Å²) in [6.45, 7) is 3.88. The highest BCUT2D eigenvalue weighted by atomic mass is 32.2. The fraction of sp³-hybridized carbons (Fsp3) is 0.300. The second-order valence-electron chi connectivity index (χ2n) is 6.68. The minimum atomic E-state index is -3.81. The zero-order valence-corrected chi connectivity index (χ0v) is 16.1. The molecule has 3 rings (SSSR count). The lowest BCUT2D eigenvalue weighted by atomic mass is 10.1. The number of carbonyl (C=O) groups is 2. The van der Waals surface area contributed by atoms with E-state index in [9.17, 15) is 18.0 Å². The molecule has 1 aliphatic heterocycles. The lowest BCUT2D eigenvalue weighted by molar-refractivity contribution is -0.121. The van der Waals surface area contributed by atoms with Crippen LogP contribution in [0.4, 0.5) is 0 Å². The molecule has 0 aromatic heterocycles. The van der Waals surface area contributed by atoms with Crippen LogP contribution in [0.1, 0.15) is 47.3 Å². The van der Waals surface area contributed by atoms with Gasteiger partial charge in [0.2, 0.25) is 5.91 Å². The fourth-order valence-electron chi connectivity index (χ4n) is 3.09. The number of amides is 2. The molecule has 1 heterocycles. The van der Waals surface area contributed by atoms with Gasteiger partial charge in [-0.1, -0.05) is 42.0 Å². The Labute approximate surface area is 159 Å². The normalized spacial score (nSPS) is 16.1. The lowest BCUT2D eigenvalue weighted by Gasteiger charge is -2.17. The van der Waals surface area contributed by atoms with Crippen LogP contribution in [-0.2, 0) is 14.8 Å². The third kappa shape index (κ3) is 3.88. The molecule has 2 amide bonds. The van der Waals surface area contributed by atoms with Crippen molar-refractivity contribution in [1.29, 1.82) is 0 Å². The second kappa shape index (κ2) is 7.52. The number of nitrogens with zero attached hydrogens (tertiary/aromatic N) is 1. The van der Waals surface area contributed by atoms with Crippen molar-refractivity contribution >= 4 is 21.8 Å². The van der Waals surface area contributed by atoms with Crippen LogP contribution in [0.25, 0.3) is 0 Å². The van der Waals surface area contributed by atoms with E-state index in [1.807, 2.05) is 38.1 Å². The van der Waals surface area contributed by atoms with Crippen LogP contribution in [0.5, 0.6) is 0 Å². The summed E-state index contributed by atoms with van der Waals surface area (Å²) in [7, 11) is -3.81. The maximum absolute atomic E-state index is 12.5. The monoisotopic (exact) mass is 386 g/mol. The minimum absolute atomic E-state index is 0.0117. The maximum Gasteiger partial charge on any atom is 0.269 e. The first-order chi connectivity index (χ1) is 12.8.